The number of aromatic nitrogens is 3. The number of hydrogen-bond acceptors (Lipinski definition) is 7. The summed E-state index contributed by atoms with van der Waals surface area (Å²) in [5, 5.41) is 19.7. The zero-order valence-corrected chi connectivity index (χ0v) is 18.6. The summed E-state index contributed by atoms with van der Waals surface area (Å²) in [6.45, 7) is 1.74. The molecular weight excluding hydrogens is 448 g/mol. The van der Waals surface area contributed by atoms with Crippen molar-refractivity contribution in [1.29, 1.82) is 5.41 Å². The van der Waals surface area contributed by atoms with Gasteiger partial charge in [-0.05, 0) is 38.0 Å². The molecule has 2 fully saturated rings. The largest absolute Gasteiger partial charge is 0.419 e. The lowest BCUT2D eigenvalue weighted by molar-refractivity contribution is 0.424. The lowest BCUT2D eigenvalue weighted by Crippen LogP contribution is -2.60. The molecule has 30 heavy (non-hydrogen) atoms. The van der Waals surface area contributed by atoms with Crippen LogP contribution in [0, 0.1) is 5.41 Å². The van der Waals surface area contributed by atoms with Crippen molar-refractivity contribution in [2.45, 2.75) is 31.2 Å². The summed E-state index contributed by atoms with van der Waals surface area (Å²) in [5.41, 5.74) is 0.524. The minimum atomic E-state index is -3.61. The third kappa shape index (κ3) is 3.21. The Labute approximate surface area is 182 Å². The second-order valence-corrected chi connectivity index (χ2v) is 11.3. The zero-order chi connectivity index (χ0) is 21.3. The molecule has 3 N–H and O–H groups in total. The first-order valence-corrected chi connectivity index (χ1v) is 12.1. The summed E-state index contributed by atoms with van der Waals surface area (Å²) in [4.78, 5) is 4.77. The van der Waals surface area contributed by atoms with Gasteiger partial charge in [0.1, 0.15) is 5.69 Å². The molecule has 3 aromatic rings. The first kappa shape index (κ1) is 19.6. The van der Waals surface area contributed by atoms with Gasteiger partial charge in [-0.3, -0.25) is 5.41 Å². The molecule has 0 radical (unpaired) electrons. The van der Waals surface area contributed by atoms with Gasteiger partial charge < -0.3 is 14.7 Å². The number of aromatic amines is 1. The fraction of sp³-hybridized carbons (Fsp3) is 0.389. The van der Waals surface area contributed by atoms with E-state index >= 15 is 0 Å². The Kier molecular flexibility index (Phi) is 4.28. The van der Waals surface area contributed by atoms with E-state index in [1.54, 1.807) is 13.0 Å². The van der Waals surface area contributed by atoms with Crippen LogP contribution < -0.4 is 5.32 Å². The van der Waals surface area contributed by atoms with E-state index in [0.717, 1.165) is 27.7 Å². The fourth-order valence-corrected chi connectivity index (χ4v) is 6.66. The average molecular weight is 467 g/mol. The number of nitrogens with one attached hydrogen (secondary N) is 3. The standard InChI is InChI=1S/C18H19ClN6O3S2/c1-18(8-30(26,27)25(2)17(20)22-18)14-10(19)7-13(29-14)11-5-6-12(21-11)16-24-23-15(28-16)9-3-4-9/h5-7,9,21H,3-4,8H2,1-2H3,(H2,20,22)/t18-/m0/s1. The van der Waals surface area contributed by atoms with Gasteiger partial charge in [0.2, 0.25) is 21.9 Å². The number of guanidine groups is 1. The lowest BCUT2D eigenvalue weighted by atomic mass is 10.0. The third-order valence-electron chi connectivity index (χ3n) is 5.33. The van der Waals surface area contributed by atoms with E-state index in [9.17, 15) is 8.42 Å². The van der Waals surface area contributed by atoms with Gasteiger partial charge in [0.15, 0.2) is 0 Å². The molecule has 0 bridgehead atoms. The van der Waals surface area contributed by atoms with Crippen molar-refractivity contribution in [3.05, 3.63) is 34.0 Å². The number of thiophene rings is 1. The number of halogens is 1. The van der Waals surface area contributed by atoms with Crippen LogP contribution in [0.2, 0.25) is 5.02 Å². The maximum Gasteiger partial charge on any atom is 0.264 e. The smallest absolute Gasteiger partial charge is 0.264 e. The quantitative estimate of drug-likeness (QED) is 0.541. The molecule has 0 aromatic carbocycles. The zero-order valence-electron chi connectivity index (χ0n) is 16.2. The van der Waals surface area contributed by atoms with Crippen LogP contribution in [0.1, 0.15) is 36.5 Å². The molecule has 1 saturated heterocycles. The first-order valence-electron chi connectivity index (χ1n) is 9.32. The molecule has 1 saturated carbocycles. The SMILES string of the molecule is CN1C(=N)N[C@](C)(c2sc(-c3ccc(-c4nnc(C5CC5)o4)[nH]3)cc2Cl)CS1(=O)=O. The van der Waals surface area contributed by atoms with Crippen molar-refractivity contribution in [3.8, 4) is 22.2 Å². The highest BCUT2D eigenvalue weighted by atomic mass is 35.5. The van der Waals surface area contributed by atoms with Crippen molar-refractivity contribution < 1.29 is 12.8 Å². The van der Waals surface area contributed by atoms with Crippen molar-refractivity contribution in [1.82, 2.24) is 24.8 Å². The highest BCUT2D eigenvalue weighted by Crippen LogP contribution is 2.43. The van der Waals surface area contributed by atoms with E-state index in [1.165, 1.54) is 18.4 Å². The van der Waals surface area contributed by atoms with Crippen molar-refractivity contribution in [2.24, 2.45) is 0 Å². The number of sulfonamides is 1. The topological polar surface area (TPSA) is 128 Å². The molecular formula is C18H19ClN6O3S2. The molecule has 2 aliphatic rings. The van der Waals surface area contributed by atoms with Gasteiger partial charge in [-0.25, -0.2) is 12.7 Å². The molecule has 0 unspecified atom stereocenters. The monoisotopic (exact) mass is 466 g/mol. The fourth-order valence-electron chi connectivity index (χ4n) is 3.48. The second-order valence-electron chi connectivity index (χ2n) is 7.82. The van der Waals surface area contributed by atoms with E-state index in [1.807, 2.05) is 12.1 Å². The summed E-state index contributed by atoms with van der Waals surface area (Å²) in [7, 11) is -2.25. The summed E-state index contributed by atoms with van der Waals surface area (Å²) >= 11 is 7.88. The lowest BCUT2D eigenvalue weighted by Gasteiger charge is -2.39. The highest BCUT2D eigenvalue weighted by Gasteiger charge is 2.44. The summed E-state index contributed by atoms with van der Waals surface area (Å²) in [6, 6.07) is 5.55. The van der Waals surface area contributed by atoms with Gasteiger partial charge in [-0.1, -0.05) is 11.6 Å². The average Bonchev–Trinajstić information content (AvgIpc) is 3.08. The van der Waals surface area contributed by atoms with Gasteiger partial charge >= 0.3 is 0 Å². The molecule has 0 amide bonds. The maximum absolute atomic E-state index is 12.5. The van der Waals surface area contributed by atoms with Gasteiger partial charge in [0, 0.05) is 13.0 Å². The third-order valence-corrected chi connectivity index (χ3v) is 9.14. The van der Waals surface area contributed by atoms with E-state index in [0.29, 0.717) is 33.3 Å². The Balaban J connectivity index is 1.46. The molecule has 1 aliphatic carbocycles. The molecule has 3 aromatic heterocycles. The Morgan fingerprint density at radius 1 is 1.33 bits per heavy atom. The number of H-pyrrole nitrogens is 1. The number of rotatable bonds is 4. The minimum absolute atomic E-state index is 0.181. The molecule has 4 heterocycles. The van der Waals surface area contributed by atoms with E-state index in [-0.39, 0.29) is 11.7 Å². The Hall–Kier alpha value is -2.37. The molecule has 1 aliphatic heterocycles. The van der Waals surface area contributed by atoms with Crippen LogP contribution in [0.15, 0.2) is 22.6 Å². The predicted octanol–water partition coefficient (Wildman–Crippen LogP) is 3.34. The molecule has 1 atom stereocenters. The predicted molar refractivity (Wildman–Crippen MR) is 114 cm³/mol. The van der Waals surface area contributed by atoms with Gasteiger partial charge in [-0.2, -0.15) is 0 Å². The Morgan fingerprint density at radius 3 is 2.77 bits per heavy atom. The van der Waals surface area contributed by atoms with E-state index in [2.05, 4.69) is 20.5 Å². The van der Waals surface area contributed by atoms with Crippen LogP contribution in [0.4, 0.5) is 0 Å². The van der Waals surface area contributed by atoms with Crippen LogP contribution in [-0.2, 0) is 15.6 Å². The van der Waals surface area contributed by atoms with E-state index < -0.39 is 15.6 Å². The highest BCUT2D eigenvalue weighted by molar-refractivity contribution is 7.89. The van der Waals surface area contributed by atoms with E-state index in [4.69, 9.17) is 21.4 Å². The summed E-state index contributed by atoms with van der Waals surface area (Å²) in [5.74, 6) is 1.12. The summed E-state index contributed by atoms with van der Waals surface area (Å²) in [6.07, 6.45) is 2.17. The molecule has 9 nitrogen and oxygen atoms in total. The van der Waals surface area contributed by atoms with Crippen LogP contribution >= 0.6 is 22.9 Å². The first-order chi connectivity index (χ1) is 14.2. The number of hydrogen-bond donors (Lipinski definition) is 3. The van der Waals surface area contributed by atoms with Crippen molar-refractivity contribution in [2.75, 3.05) is 12.8 Å². The molecule has 12 heteroatoms. The van der Waals surface area contributed by atoms with Gasteiger partial charge in [-0.15, -0.1) is 21.5 Å². The number of nitrogens with zero attached hydrogens (tertiary/aromatic N) is 3. The summed E-state index contributed by atoms with van der Waals surface area (Å²) < 4.78 is 31.6. The van der Waals surface area contributed by atoms with Crippen LogP contribution in [0.3, 0.4) is 0 Å². The van der Waals surface area contributed by atoms with Gasteiger partial charge in [0.05, 0.1) is 31.8 Å². The van der Waals surface area contributed by atoms with Crippen LogP contribution in [-0.4, -0.2) is 46.7 Å². The Morgan fingerprint density at radius 2 is 2.07 bits per heavy atom. The van der Waals surface area contributed by atoms with Crippen molar-refractivity contribution in [3.63, 3.8) is 0 Å². The second kappa shape index (κ2) is 6.56. The van der Waals surface area contributed by atoms with Crippen molar-refractivity contribution >= 4 is 38.9 Å². The van der Waals surface area contributed by atoms with Gasteiger partial charge in [0.25, 0.3) is 5.89 Å². The minimum Gasteiger partial charge on any atom is -0.419 e. The maximum atomic E-state index is 12.5. The molecule has 158 valence electrons. The molecule has 5 rings (SSSR count). The van der Waals surface area contributed by atoms with Crippen LogP contribution in [0.25, 0.3) is 22.2 Å². The Bertz CT molecular complexity index is 1260. The molecule has 0 spiro atoms. The van der Waals surface area contributed by atoms with Crippen LogP contribution in [0.5, 0.6) is 0 Å². The normalized spacial score (nSPS) is 23.6.